The smallest absolute Gasteiger partial charge is 0.253 e. The van der Waals surface area contributed by atoms with Gasteiger partial charge >= 0.3 is 0 Å². The molecule has 1 aliphatic heterocycles. The third kappa shape index (κ3) is 4.44. The van der Waals surface area contributed by atoms with E-state index >= 15 is 0 Å². The maximum Gasteiger partial charge on any atom is 0.253 e. The van der Waals surface area contributed by atoms with Gasteiger partial charge in [-0.15, -0.1) is 0 Å². The Labute approximate surface area is 165 Å². The summed E-state index contributed by atoms with van der Waals surface area (Å²) in [5, 5.41) is 0. The summed E-state index contributed by atoms with van der Waals surface area (Å²) in [5.41, 5.74) is 2.48. The monoisotopic (exact) mass is 382 g/mol. The fourth-order valence-corrected chi connectivity index (χ4v) is 3.42. The van der Waals surface area contributed by atoms with Gasteiger partial charge in [0.15, 0.2) is 0 Å². The second kappa shape index (κ2) is 8.78. The van der Waals surface area contributed by atoms with Gasteiger partial charge in [-0.25, -0.2) is 0 Å². The van der Waals surface area contributed by atoms with E-state index in [-0.39, 0.29) is 11.8 Å². The molecule has 0 spiro atoms. The Kier molecular flexibility index (Phi) is 6.19. The van der Waals surface area contributed by atoms with Crippen molar-refractivity contribution >= 4 is 11.8 Å². The van der Waals surface area contributed by atoms with Gasteiger partial charge in [0, 0.05) is 50.3 Å². The highest BCUT2D eigenvalue weighted by atomic mass is 16.5. The van der Waals surface area contributed by atoms with Crippen LogP contribution in [0.2, 0.25) is 0 Å². The number of carbonyl (C=O) groups is 2. The lowest BCUT2D eigenvalue weighted by Crippen LogP contribution is -2.27. The van der Waals surface area contributed by atoms with Crippen LogP contribution in [0.15, 0.2) is 42.5 Å². The average Bonchev–Trinajstić information content (AvgIpc) is 3.12. The van der Waals surface area contributed by atoms with Crippen LogP contribution in [-0.2, 0) is 17.9 Å². The Balaban J connectivity index is 1.71. The van der Waals surface area contributed by atoms with Gasteiger partial charge in [-0.1, -0.05) is 12.1 Å². The number of likely N-dealkylation sites (tertiary alicyclic amines) is 1. The second-order valence-corrected chi connectivity index (χ2v) is 6.96. The number of nitrogens with zero attached hydrogens (tertiary/aromatic N) is 2. The van der Waals surface area contributed by atoms with Crippen molar-refractivity contribution in [3.05, 3.63) is 59.2 Å². The molecule has 1 fully saturated rings. The lowest BCUT2D eigenvalue weighted by molar-refractivity contribution is -0.128. The molecule has 1 heterocycles. The largest absolute Gasteiger partial charge is 0.497 e. The number of hydrogen-bond donors (Lipinski definition) is 0. The van der Waals surface area contributed by atoms with Crippen LogP contribution in [0.4, 0.5) is 0 Å². The summed E-state index contributed by atoms with van der Waals surface area (Å²) in [5.74, 6) is 1.49. The standard InChI is InChI=1S/C22H26N2O4/c1-23(15-18-9-10-19(27-2)13-20(18)28-3)22(26)17-7-4-6-16(12-17)14-24-11-5-8-21(24)25/h4,6-7,9-10,12-13H,5,8,11,14-15H2,1-3H3. The number of hydrogen-bond acceptors (Lipinski definition) is 4. The summed E-state index contributed by atoms with van der Waals surface area (Å²) in [7, 11) is 4.97. The van der Waals surface area contributed by atoms with Crippen LogP contribution in [0.1, 0.15) is 34.3 Å². The van der Waals surface area contributed by atoms with E-state index in [0.29, 0.717) is 36.6 Å². The quantitative estimate of drug-likeness (QED) is 0.738. The third-order valence-electron chi connectivity index (χ3n) is 4.97. The predicted molar refractivity (Wildman–Crippen MR) is 106 cm³/mol. The maximum atomic E-state index is 12.9. The first-order valence-electron chi connectivity index (χ1n) is 9.35. The van der Waals surface area contributed by atoms with Gasteiger partial charge < -0.3 is 19.3 Å². The molecule has 1 saturated heterocycles. The molecule has 0 aromatic heterocycles. The van der Waals surface area contributed by atoms with Crippen molar-refractivity contribution in [2.45, 2.75) is 25.9 Å². The van der Waals surface area contributed by atoms with Crippen LogP contribution in [0.5, 0.6) is 11.5 Å². The van der Waals surface area contributed by atoms with Gasteiger partial charge in [0.25, 0.3) is 5.91 Å². The van der Waals surface area contributed by atoms with Crippen molar-refractivity contribution in [3.8, 4) is 11.5 Å². The first kappa shape index (κ1) is 19.7. The van der Waals surface area contributed by atoms with Crippen molar-refractivity contribution in [2.24, 2.45) is 0 Å². The van der Waals surface area contributed by atoms with Gasteiger partial charge in [0.05, 0.1) is 14.2 Å². The van der Waals surface area contributed by atoms with Crippen molar-refractivity contribution in [2.75, 3.05) is 27.8 Å². The molecule has 0 radical (unpaired) electrons. The Morgan fingerprint density at radius 2 is 1.96 bits per heavy atom. The van der Waals surface area contributed by atoms with Crippen LogP contribution in [-0.4, -0.2) is 49.4 Å². The summed E-state index contributed by atoms with van der Waals surface area (Å²) >= 11 is 0. The maximum absolute atomic E-state index is 12.9. The van der Waals surface area contributed by atoms with Crippen LogP contribution >= 0.6 is 0 Å². The molecule has 0 saturated carbocycles. The predicted octanol–water partition coefficient (Wildman–Crippen LogP) is 3.10. The molecule has 28 heavy (non-hydrogen) atoms. The van der Waals surface area contributed by atoms with Crippen LogP contribution < -0.4 is 9.47 Å². The lowest BCUT2D eigenvalue weighted by atomic mass is 10.1. The highest BCUT2D eigenvalue weighted by Gasteiger charge is 2.21. The second-order valence-electron chi connectivity index (χ2n) is 6.96. The SMILES string of the molecule is COc1ccc(CN(C)C(=O)c2cccc(CN3CCCC3=O)c2)c(OC)c1. The Morgan fingerprint density at radius 3 is 2.64 bits per heavy atom. The zero-order chi connectivity index (χ0) is 20.1. The van der Waals surface area contributed by atoms with E-state index < -0.39 is 0 Å². The summed E-state index contributed by atoms with van der Waals surface area (Å²) in [4.78, 5) is 28.3. The molecule has 6 heteroatoms. The lowest BCUT2D eigenvalue weighted by Gasteiger charge is -2.20. The molecule has 148 valence electrons. The van der Waals surface area contributed by atoms with E-state index in [1.807, 2.05) is 35.2 Å². The first-order valence-corrected chi connectivity index (χ1v) is 9.35. The van der Waals surface area contributed by atoms with Gasteiger partial charge in [0.2, 0.25) is 5.91 Å². The summed E-state index contributed by atoms with van der Waals surface area (Å²) in [6.07, 6.45) is 1.52. The van der Waals surface area contributed by atoms with Gasteiger partial charge in [-0.2, -0.15) is 0 Å². The number of amides is 2. The molecule has 6 nitrogen and oxygen atoms in total. The number of ether oxygens (including phenoxy) is 2. The molecule has 2 amide bonds. The minimum Gasteiger partial charge on any atom is -0.497 e. The van der Waals surface area contributed by atoms with E-state index in [0.717, 1.165) is 24.1 Å². The van der Waals surface area contributed by atoms with Crippen molar-refractivity contribution < 1.29 is 19.1 Å². The van der Waals surface area contributed by atoms with E-state index in [1.54, 1.807) is 38.3 Å². The van der Waals surface area contributed by atoms with Crippen LogP contribution in [0, 0.1) is 0 Å². The molecule has 2 aromatic carbocycles. The van der Waals surface area contributed by atoms with Gasteiger partial charge in [0.1, 0.15) is 11.5 Å². The normalized spacial score (nSPS) is 13.5. The molecule has 1 aliphatic rings. The van der Waals surface area contributed by atoms with Crippen molar-refractivity contribution in [3.63, 3.8) is 0 Å². The molecular weight excluding hydrogens is 356 g/mol. The van der Waals surface area contributed by atoms with E-state index in [2.05, 4.69) is 0 Å². The fraction of sp³-hybridized carbons (Fsp3) is 0.364. The van der Waals surface area contributed by atoms with Crippen LogP contribution in [0.25, 0.3) is 0 Å². The third-order valence-corrected chi connectivity index (χ3v) is 4.97. The molecule has 0 aliphatic carbocycles. The Hall–Kier alpha value is -3.02. The van der Waals surface area contributed by atoms with Gasteiger partial charge in [-0.3, -0.25) is 9.59 Å². The zero-order valence-electron chi connectivity index (χ0n) is 16.6. The molecule has 2 aromatic rings. The molecule has 0 N–H and O–H groups in total. The first-order chi connectivity index (χ1) is 13.5. The van der Waals surface area contributed by atoms with Crippen LogP contribution in [0.3, 0.4) is 0 Å². The topological polar surface area (TPSA) is 59.1 Å². The summed E-state index contributed by atoms with van der Waals surface area (Å²) in [6, 6.07) is 13.1. The molecule has 0 atom stereocenters. The highest BCUT2D eigenvalue weighted by molar-refractivity contribution is 5.94. The van der Waals surface area contributed by atoms with Crippen molar-refractivity contribution in [1.29, 1.82) is 0 Å². The van der Waals surface area contributed by atoms with Gasteiger partial charge in [-0.05, 0) is 36.2 Å². The number of benzene rings is 2. The van der Waals surface area contributed by atoms with E-state index in [1.165, 1.54) is 0 Å². The zero-order valence-corrected chi connectivity index (χ0v) is 16.6. The van der Waals surface area contributed by atoms with Crippen molar-refractivity contribution in [1.82, 2.24) is 9.80 Å². The molecular formula is C22H26N2O4. The fourth-order valence-electron chi connectivity index (χ4n) is 3.42. The number of carbonyl (C=O) groups excluding carboxylic acids is 2. The minimum absolute atomic E-state index is 0.0764. The molecule has 0 unspecified atom stereocenters. The average molecular weight is 382 g/mol. The number of rotatable bonds is 7. The Bertz CT molecular complexity index is 865. The summed E-state index contributed by atoms with van der Waals surface area (Å²) in [6.45, 7) is 1.75. The molecule has 3 rings (SSSR count). The molecule has 0 bridgehead atoms. The Morgan fingerprint density at radius 1 is 1.14 bits per heavy atom. The van der Waals surface area contributed by atoms with E-state index in [4.69, 9.17) is 9.47 Å². The van der Waals surface area contributed by atoms with E-state index in [9.17, 15) is 9.59 Å². The summed E-state index contributed by atoms with van der Waals surface area (Å²) < 4.78 is 10.6. The highest BCUT2D eigenvalue weighted by Crippen LogP contribution is 2.26. The minimum atomic E-state index is -0.0764. The number of methoxy groups -OCH3 is 2.